The van der Waals surface area contributed by atoms with Crippen molar-refractivity contribution >= 4 is 11.9 Å². The Morgan fingerprint density at radius 1 is 0.926 bits per heavy atom. The monoisotopic (exact) mass is 368 g/mol. The van der Waals surface area contributed by atoms with Crippen LogP contribution in [0.15, 0.2) is 66.2 Å². The minimum absolute atomic E-state index is 0.123. The van der Waals surface area contributed by atoms with Gasteiger partial charge in [-0.25, -0.2) is 4.79 Å². The summed E-state index contributed by atoms with van der Waals surface area (Å²) in [7, 11) is 1.59. The van der Waals surface area contributed by atoms with Gasteiger partial charge in [0, 0.05) is 5.57 Å². The molecule has 5 heteroatoms. The highest BCUT2D eigenvalue weighted by Crippen LogP contribution is 2.14. The zero-order valence-electron chi connectivity index (χ0n) is 15.6. The van der Waals surface area contributed by atoms with Gasteiger partial charge in [0.15, 0.2) is 0 Å². The van der Waals surface area contributed by atoms with Gasteiger partial charge >= 0.3 is 11.9 Å². The molecule has 0 aliphatic heterocycles. The molecule has 0 fully saturated rings. The highest BCUT2D eigenvalue weighted by molar-refractivity contribution is 5.93. The summed E-state index contributed by atoms with van der Waals surface area (Å²) in [5.41, 5.74) is 2.20. The number of benzene rings is 2. The van der Waals surface area contributed by atoms with Crippen LogP contribution < -0.4 is 4.74 Å². The van der Waals surface area contributed by atoms with Crippen molar-refractivity contribution in [2.24, 2.45) is 0 Å². The van der Waals surface area contributed by atoms with Crippen LogP contribution in [0.25, 0.3) is 0 Å². The Bertz CT molecular complexity index is 763. The van der Waals surface area contributed by atoms with Crippen molar-refractivity contribution < 1.29 is 23.8 Å². The lowest BCUT2D eigenvalue weighted by molar-refractivity contribution is -0.147. The summed E-state index contributed by atoms with van der Waals surface area (Å²) >= 11 is 0. The van der Waals surface area contributed by atoms with Crippen molar-refractivity contribution in [3.8, 4) is 5.75 Å². The van der Waals surface area contributed by atoms with E-state index in [0.717, 1.165) is 16.9 Å². The van der Waals surface area contributed by atoms with Crippen molar-refractivity contribution in [2.75, 3.05) is 13.7 Å². The zero-order valence-corrected chi connectivity index (χ0v) is 15.6. The molecule has 0 aliphatic carbocycles. The fourth-order valence-corrected chi connectivity index (χ4v) is 2.40. The Morgan fingerprint density at radius 3 is 2.26 bits per heavy atom. The maximum Gasteiger partial charge on any atom is 0.334 e. The van der Waals surface area contributed by atoms with Crippen molar-refractivity contribution in [2.45, 2.75) is 26.4 Å². The number of hydrogen-bond donors (Lipinski definition) is 0. The molecule has 0 bridgehead atoms. The second kappa shape index (κ2) is 10.8. The van der Waals surface area contributed by atoms with Gasteiger partial charge in [-0.1, -0.05) is 48.5 Å². The highest BCUT2D eigenvalue weighted by Gasteiger charge is 2.16. The standard InChI is InChI=1S/C22H24O5/c1-3-26-22(24)19(12-9-17-7-5-4-6-8-17)15-21(23)27-16-18-10-13-20(25-2)14-11-18/h4-8,10-14H,3,9,15-16H2,1-2H3/b19-12-. The van der Waals surface area contributed by atoms with Crippen LogP contribution in [0.2, 0.25) is 0 Å². The van der Waals surface area contributed by atoms with Gasteiger partial charge in [-0.2, -0.15) is 0 Å². The van der Waals surface area contributed by atoms with E-state index in [0.29, 0.717) is 12.0 Å². The molecule has 27 heavy (non-hydrogen) atoms. The van der Waals surface area contributed by atoms with Crippen LogP contribution in [0.5, 0.6) is 5.75 Å². The zero-order chi connectivity index (χ0) is 19.5. The molecular formula is C22H24O5. The number of allylic oxidation sites excluding steroid dienone is 1. The summed E-state index contributed by atoms with van der Waals surface area (Å²) in [6.07, 6.45) is 2.14. The molecule has 0 heterocycles. The number of ether oxygens (including phenoxy) is 3. The second-order valence-electron chi connectivity index (χ2n) is 5.83. The van der Waals surface area contributed by atoms with Gasteiger partial charge in [-0.15, -0.1) is 0 Å². The van der Waals surface area contributed by atoms with Crippen LogP contribution in [-0.2, 0) is 32.1 Å². The number of methoxy groups -OCH3 is 1. The van der Waals surface area contributed by atoms with Crippen molar-refractivity contribution in [3.63, 3.8) is 0 Å². The van der Waals surface area contributed by atoms with Gasteiger partial charge < -0.3 is 14.2 Å². The largest absolute Gasteiger partial charge is 0.497 e. The summed E-state index contributed by atoms with van der Waals surface area (Å²) in [6.45, 7) is 2.12. The van der Waals surface area contributed by atoms with Crippen LogP contribution in [0.1, 0.15) is 24.5 Å². The van der Waals surface area contributed by atoms with E-state index < -0.39 is 11.9 Å². The number of hydrogen-bond acceptors (Lipinski definition) is 5. The van der Waals surface area contributed by atoms with Gasteiger partial charge in [0.05, 0.1) is 20.1 Å². The van der Waals surface area contributed by atoms with Crippen LogP contribution in [0.3, 0.4) is 0 Å². The maximum atomic E-state index is 12.2. The summed E-state index contributed by atoms with van der Waals surface area (Å²) in [5.74, 6) is -0.230. The van der Waals surface area contributed by atoms with E-state index in [2.05, 4.69) is 0 Å². The molecule has 2 aromatic carbocycles. The topological polar surface area (TPSA) is 61.8 Å². The van der Waals surface area contributed by atoms with Crippen molar-refractivity contribution in [1.29, 1.82) is 0 Å². The van der Waals surface area contributed by atoms with Crippen LogP contribution in [-0.4, -0.2) is 25.7 Å². The molecule has 0 unspecified atom stereocenters. The lowest BCUT2D eigenvalue weighted by Gasteiger charge is -2.09. The first-order valence-electron chi connectivity index (χ1n) is 8.81. The Balaban J connectivity index is 1.96. The van der Waals surface area contributed by atoms with Gasteiger partial charge in [-0.3, -0.25) is 4.79 Å². The predicted octanol–water partition coefficient (Wildman–Crippen LogP) is 3.86. The average Bonchev–Trinajstić information content (AvgIpc) is 2.70. The van der Waals surface area contributed by atoms with E-state index in [1.54, 1.807) is 32.2 Å². The fourth-order valence-electron chi connectivity index (χ4n) is 2.40. The van der Waals surface area contributed by atoms with Gasteiger partial charge in [0.2, 0.25) is 0 Å². The first kappa shape index (κ1) is 20.2. The number of carbonyl (C=O) groups is 2. The van der Waals surface area contributed by atoms with Crippen LogP contribution in [0, 0.1) is 0 Å². The maximum absolute atomic E-state index is 12.2. The third kappa shape index (κ3) is 6.98. The van der Waals surface area contributed by atoms with Crippen molar-refractivity contribution in [1.82, 2.24) is 0 Å². The molecule has 0 atom stereocenters. The summed E-state index contributed by atoms with van der Waals surface area (Å²) < 4.78 is 15.4. The highest BCUT2D eigenvalue weighted by atomic mass is 16.5. The SMILES string of the molecule is CCOC(=O)/C(=C\Cc1ccccc1)CC(=O)OCc1ccc(OC)cc1. The molecule has 0 amide bonds. The normalized spacial score (nSPS) is 11.0. The molecule has 0 aliphatic rings. The van der Waals surface area contributed by atoms with E-state index in [1.807, 2.05) is 42.5 Å². The van der Waals surface area contributed by atoms with E-state index >= 15 is 0 Å². The smallest absolute Gasteiger partial charge is 0.334 e. The molecule has 0 radical (unpaired) electrons. The van der Waals surface area contributed by atoms with Gasteiger partial charge in [0.25, 0.3) is 0 Å². The van der Waals surface area contributed by atoms with Crippen LogP contribution >= 0.6 is 0 Å². The molecule has 2 aromatic rings. The first-order valence-corrected chi connectivity index (χ1v) is 8.81. The molecule has 5 nitrogen and oxygen atoms in total. The van der Waals surface area contributed by atoms with E-state index in [-0.39, 0.29) is 19.6 Å². The molecule has 2 rings (SSSR count). The minimum Gasteiger partial charge on any atom is -0.497 e. The molecule has 0 saturated carbocycles. The first-order chi connectivity index (χ1) is 13.1. The Labute approximate surface area is 159 Å². The van der Waals surface area contributed by atoms with Gasteiger partial charge in [-0.05, 0) is 36.6 Å². The number of esters is 2. The predicted molar refractivity (Wildman–Crippen MR) is 102 cm³/mol. The molecule has 0 aromatic heterocycles. The average molecular weight is 368 g/mol. The minimum atomic E-state index is -0.491. The molecular weight excluding hydrogens is 344 g/mol. The Kier molecular flexibility index (Phi) is 8.10. The lowest BCUT2D eigenvalue weighted by Crippen LogP contribution is -2.14. The number of carbonyl (C=O) groups excluding carboxylic acids is 2. The molecule has 0 N–H and O–H groups in total. The summed E-state index contributed by atoms with van der Waals surface area (Å²) in [5, 5.41) is 0. The third-order valence-corrected chi connectivity index (χ3v) is 3.86. The molecule has 0 saturated heterocycles. The summed E-state index contributed by atoms with van der Waals surface area (Å²) in [6, 6.07) is 16.9. The lowest BCUT2D eigenvalue weighted by atomic mass is 10.1. The molecule has 0 spiro atoms. The molecule has 142 valence electrons. The number of rotatable bonds is 9. The van der Waals surface area contributed by atoms with E-state index in [1.165, 1.54) is 0 Å². The van der Waals surface area contributed by atoms with Crippen molar-refractivity contribution in [3.05, 3.63) is 77.4 Å². The van der Waals surface area contributed by atoms with E-state index in [4.69, 9.17) is 14.2 Å². The Morgan fingerprint density at radius 2 is 1.63 bits per heavy atom. The van der Waals surface area contributed by atoms with E-state index in [9.17, 15) is 9.59 Å². The Hall–Kier alpha value is -3.08. The van der Waals surface area contributed by atoms with Gasteiger partial charge in [0.1, 0.15) is 12.4 Å². The quantitative estimate of drug-likeness (QED) is 0.497. The summed E-state index contributed by atoms with van der Waals surface area (Å²) in [4.78, 5) is 24.3. The van der Waals surface area contributed by atoms with Crippen LogP contribution in [0.4, 0.5) is 0 Å². The fraction of sp³-hybridized carbons (Fsp3) is 0.273. The second-order valence-corrected chi connectivity index (χ2v) is 5.83. The third-order valence-electron chi connectivity index (χ3n) is 3.86.